The Balaban J connectivity index is 5.06. The molecule has 1 nitrogen and oxygen atoms in total. The Labute approximate surface area is 186 Å². The standard InChI is InChI=1S/C27H35F3O/c1-11-31-24(10)25(28)16-21(7)18(4)14-15-20(6)23(9)27(30)26(29)22(8)19(5)13-12-17(2)3/h12-13,16,18,20H,2,5,7-11,14-15H2,1,3-4,6H3/b13-12-,25-16+,27-26-. The van der Waals surface area contributed by atoms with Crippen molar-refractivity contribution in [2.24, 2.45) is 11.8 Å². The van der Waals surface area contributed by atoms with Gasteiger partial charge in [0.1, 0.15) is 5.76 Å². The highest BCUT2D eigenvalue weighted by molar-refractivity contribution is 5.50. The van der Waals surface area contributed by atoms with Crippen molar-refractivity contribution in [1.29, 1.82) is 0 Å². The minimum absolute atomic E-state index is 0.0413. The smallest absolute Gasteiger partial charge is 0.166 e. The molecule has 0 spiro atoms. The van der Waals surface area contributed by atoms with Crippen LogP contribution in [0.3, 0.4) is 0 Å². The first-order valence-corrected chi connectivity index (χ1v) is 10.2. The van der Waals surface area contributed by atoms with Gasteiger partial charge in [-0.25, -0.2) is 13.2 Å². The number of hydrogen-bond acceptors (Lipinski definition) is 1. The Morgan fingerprint density at radius 2 is 1.42 bits per heavy atom. The molecule has 0 saturated carbocycles. The zero-order chi connectivity index (χ0) is 24.3. The highest BCUT2D eigenvalue weighted by Gasteiger charge is 2.20. The summed E-state index contributed by atoms with van der Waals surface area (Å²) in [7, 11) is 0. The molecule has 4 heteroatoms. The fourth-order valence-corrected chi connectivity index (χ4v) is 2.46. The van der Waals surface area contributed by atoms with E-state index in [-0.39, 0.29) is 34.3 Å². The van der Waals surface area contributed by atoms with Gasteiger partial charge in [0.2, 0.25) is 0 Å². The van der Waals surface area contributed by atoms with Crippen LogP contribution in [0, 0.1) is 11.8 Å². The van der Waals surface area contributed by atoms with Crippen LogP contribution in [-0.4, -0.2) is 6.61 Å². The number of hydrogen-bond donors (Lipinski definition) is 0. The van der Waals surface area contributed by atoms with Crippen LogP contribution >= 0.6 is 0 Å². The first kappa shape index (κ1) is 28.2. The van der Waals surface area contributed by atoms with Crippen LogP contribution in [0.2, 0.25) is 0 Å². The quantitative estimate of drug-likeness (QED) is 0.197. The minimum Gasteiger partial charge on any atom is -0.491 e. The molecule has 31 heavy (non-hydrogen) atoms. The van der Waals surface area contributed by atoms with Gasteiger partial charge in [0, 0.05) is 5.57 Å². The van der Waals surface area contributed by atoms with Gasteiger partial charge in [0.25, 0.3) is 0 Å². The second kappa shape index (κ2) is 13.5. The number of rotatable bonds is 14. The SMILES string of the molecule is C=C(C)/C=C\C(=C)C(=C)/C(F)=C(/F)C(=C)C(C)CCC(C)C(=C)/C=C(/F)C(=C)OCC. The number of ether oxygens (including phenoxy) is 1. The highest BCUT2D eigenvalue weighted by Crippen LogP contribution is 2.32. The van der Waals surface area contributed by atoms with E-state index in [2.05, 4.69) is 39.5 Å². The lowest BCUT2D eigenvalue weighted by Crippen LogP contribution is -2.06. The van der Waals surface area contributed by atoms with Crippen molar-refractivity contribution in [2.45, 2.75) is 40.5 Å². The van der Waals surface area contributed by atoms with Crippen LogP contribution in [0.15, 0.2) is 109 Å². The first-order chi connectivity index (χ1) is 14.3. The lowest BCUT2D eigenvalue weighted by atomic mass is 9.88. The Kier molecular flexibility index (Phi) is 12.3. The molecule has 170 valence electrons. The van der Waals surface area contributed by atoms with Crippen molar-refractivity contribution in [2.75, 3.05) is 6.61 Å². The molecular weight excluding hydrogens is 397 g/mol. The molecule has 0 aliphatic carbocycles. The normalized spacial score (nSPS) is 14.5. The van der Waals surface area contributed by atoms with Gasteiger partial charge in [-0.05, 0) is 61.3 Å². The second-order valence-corrected chi connectivity index (χ2v) is 7.64. The maximum atomic E-state index is 14.6. The lowest BCUT2D eigenvalue weighted by Gasteiger charge is -2.18. The molecule has 2 unspecified atom stereocenters. The fraction of sp³-hybridized carbons (Fsp3) is 0.333. The third-order valence-corrected chi connectivity index (χ3v) is 4.85. The van der Waals surface area contributed by atoms with Crippen LogP contribution in [0.1, 0.15) is 40.5 Å². The summed E-state index contributed by atoms with van der Waals surface area (Å²) in [4.78, 5) is 0. The summed E-state index contributed by atoms with van der Waals surface area (Å²) in [5, 5.41) is 0. The van der Waals surface area contributed by atoms with E-state index in [0.29, 0.717) is 25.0 Å². The molecule has 0 aromatic rings. The van der Waals surface area contributed by atoms with Gasteiger partial charge in [-0.15, -0.1) is 0 Å². The summed E-state index contributed by atoms with van der Waals surface area (Å²) < 4.78 is 48.2. The molecular formula is C27H35F3O. The Hall–Kier alpha value is -2.75. The fourth-order valence-electron chi connectivity index (χ4n) is 2.46. The predicted molar refractivity (Wildman–Crippen MR) is 127 cm³/mol. The zero-order valence-electron chi connectivity index (χ0n) is 19.3. The molecule has 0 aromatic carbocycles. The Morgan fingerprint density at radius 1 is 0.871 bits per heavy atom. The maximum absolute atomic E-state index is 14.6. The van der Waals surface area contributed by atoms with Crippen LogP contribution < -0.4 is 0 Å². The van der Waals surface area contributed by atoms with E-state index in [1.165, 1.54) is 12.2 Å². The Morgan fingerprint density at radius 3 is 1.94 bits per heavy atom. The van der Waals surface area contributed by atoms with Crippen LogP contribution in [0.25, 0.3) is 0 Å². The lowest BCUT2D eigenvalue weighted by molar-refractivity contribution is 0.226. The molecule has 0 heterocycles. The van der Waals surface area contributed by atoms with E-state index >= 15 is 0 Å². The van der Waals surface area contributed by atoms with E-state index in [4.69, 9.17) is 4.74 Å². The van der Waals surface area contributed by atoms with Crippen molar-refractivity contribution in [1.82, 2.24) is 0 Å². The molecule has 0 aromatic heterocycles. The van der Waals surface area contributed by atoms with Crippen LogP contribution in [-0.2, 0) is 4.74 Å². The van der Waals surface area contributed by atoms with Crippen molar-refractivity contribution in [3.63, 3.8) is 0 Å². The van der Waals surface area contributed by atoms with Gasteiger partial charge in [0.15, 0.2) is 17.5 Å². The number of halogens is 3. The molecule has 0 aliphatic heterocycles. The molecule has 0 aliphatic rings. The molecule has 0 radical (unpaired) electrons. The molecule has 0 saturated heterocycles. The van der Waals surface area contributed by atoms with Crippen molar-refractivity contribution in [3.8, 4) is 0 Å². The van der Waals surface area contributed by atoms with Gasteiger partial charge in [0.05, 0.1) is 6.61 Å². The largest absolute Gasteiger partial charge is 0.491 e. The second-order valence-electron chi connectivity index (χ2n) is 7.64. The predicted octanol–water partition coefficient (Wildman–Crippen LogP) is 8.95. The van der Waals surface area contributed by atoms with E-state index in [0.717, 1.165) is 5.57 Å². The molecule has 0 rings (SSSR count). The maximum Gasteiger partial charge on any atom is 0.166 e. The third-order valence-electron chi connectivity index (χ3n) is 4.85. The van der Waals surface area contributed by atoms with Crippen molar-refractivity contribution < 1.29 is 17.9 Å². The average molecular weight is 433 g/mol. The zero-order valence-corrected chi connectivity index (χ0v) is 19.3. The third kappa shape index (κ3) is 9.73. The summed E-state index contributed by atoms with van der Waals surface area (Å²) >= 11 is 0. The summed E-state index contributed by atoms with van der Waals surface area (Å²) in [6.45, 7) is 29.6. The van der Waals surface area contributed by atoms with E-state index in [1.54, 1.807) is 26.8 Å². The summed E-state index contributed by atoms with van der Waals surface area (Å²) in [5.74, 6) is -3.14. The van der Waals surface area contributed by atoms with Gasteiger partial charge in [-0.2, -0.15) is 0 Å². The van der Waals surface area contributed by atoms with Crippen molar-refractivity contribution >= 4 is 0 Å². The summed E-state index contributed by atoms with van der Waals surface area (Å²) in [6.07, 6.45) is 5.57. The average Bonchev–Trinajstić information content (AvgIpc) is 2.72. The molecule has 0 fully saturated rings. The first-order valence-electron chi connectivity index (χ1n) is 10.2. The van der Waals surface area contributed by atoms with Crippen molar-refractivity contribution in [3.05, 3.63) is 109 Å². The topological polar surface area (TPSA) is 9.23 Å². The molecule has 0 N–H and O–H groups in total. The number of allylic oxidation sites excluding steroid dienone is 11. The monoisotopic (exact) mass is 432 g/mol. The van der Waals surface area contributed by atoms with E-state index in [1.807, 2.05) is 6.92 Å². The molecule has 0 amide bonds. The molecule has 0 bridgehead atoms. The van der Waals surface area contributed by atoms with E-state index < -0.39 is 17.5 Å². The van der Waals surface area contributed by atoms with Crippen LogP contribution in [0.4, 0.5) is 13.2 Å². The minimum atomic E-state index is -1.08. The molecule has 2 atom stereocenters. The van der Waals surface area contributed by atoms with Gasteiger partial charge >= 0.3 is 0 Å². The van der Waals surface area contributed by atoms with Gasteiger partial charge < -0.3 is 4.74 Å². The van der Waals surface area contributed by atoms with E-state index in [9.17, 15) is 13.2 Å². The van der Waals surface area contributed by atoms with Gasteiger partial charge in [-0.1, -0.05) is 71.0 Å². The van der Waals surface area contributed by atoms with Crippen LogP contribution in [0.5, 0.6) is 0 Å². The Bertz CT molecular complexity index is 837. The van der Waals surface area contributed by atoms with Gasteiger partial charge in [-0.3, -0.25) is 0 Å². The summed E-state index contributed by atoms with van der Waals surface area (Å²) in [5.41, 5.74) is 1.47. The highest BCUT2D eigenvalue weighted by atomic mass is 19.2. The summed E-state index contributed by atoms with van der Waals surface area (Å²) in [6, 6.07) is 0.